The Morgan fingerprint density at radius 3 is 2.78 bits per heavy atom. The topological polar surface area (TPSA) is 29.9 Å². The van der Waals surface area contributed by atoms with Crippen LogP contribution in [-0.4, -0.2) is 9.78 Å². The maximum atomic E-state index is 5.95. The van der Waals surface area contributed by atoms with Crippen molar-refractivity contribution >= 4 is 17.3 Å². The van der Waals surface area contributed by atoms with Gasteiger partial charge in [-0.3, -0.25) is 4.68 Å². The predicted octanol–water partition coefficient (Wildman–Crippen LogP) is 3.73. The number of anilines is 1. The Labute approximate surface area is 113 Å². The third-order valence-corrected chi connectivity index (χ3v) is 3.11. The van der Waals surface area contributed by atoms with Crippen molar-refractivity contribution in [1.29, 1.82) is 0 Å². The summed E-state index contributed by atoms with van der Waals surface area (Å²) in [7, 11) is 0. The van der Waals surface area contributed by atoms with Gasteiger partial charge in [-0.25, -0.2) is 0 Å². The Balaban J connectivity index is 2.07. The highest BCUT2D eigenvalue weighted by Gasteiger charge is 2.05. The van der Waals surface area contributed by atoms with E-state index in [1.54, 1.807) is 0 Å². The Hall–Kier alpha value is -1.48. The molecule has 1 aromatic carbocycles. The largest absolute Gasteiger partial charge is 0.379 e. The summed E-state index contributed by atoms with van der Waals surface area (Å²) >= 11 is 5.95. The second-order valence-electron chi connectivity index (χ2n) is 4.16. The summed E-state index contributed by atoms with van der Waals surface area (Å²) in [5.74, 6) is 0. The van der Waals surface area contributed by atoms with E-state index >= 15 is 0 Å². The molecule has 0 aliphatic carbocycles. The van der Waals surface area contributed by atoms with E-state index in [-0.39, 0.29) is 0 Å². The Morgan fingerprint density at radius 1 is 1.28 bits per heavy atom. The van der Waals surface area contributed by atoms with Crippen LogP contribution < -0.4 is 5.32 Å². The van der Waals surface area contributed by atoms with E-state index in [4.69, 9.17) is 11.6 Å². The van der Waals surface area contributed by atoms with Gasteiger partial charge >= 0.3 is 0 Å². The van der Waals surface area contributed by atoms with Crippen LogP contribution >= 0.6 is 11.6 Å². The van der Waals surface area contributed by atoms with Gasteiger partial charge in [-0.15, -0.1) is 0 Å². The summed E-state index contributed by atoms with van der Waals surface area (Å²) in [6, 6.07) is 9.91. The molecule has 0 atom stereocenters. The molecule has 0 radical (unpaired) electrons. The zero-order chi connectivity index (χ0) is 13.0. The molecule has 0 bridgehead atoms. The van der Waals surface area contributed by atoms with Crippen molar-refractivity contribution < 1.29 is 0 Å². The van der Waals surface area contributed by atoms with Crippen LogP contribution in [0, 0.1) is 0 Å². The minimum absolute atomic E-state index is 0.748. The van der Waals surface area contributed by atoms with Crippen LogP contribution in [0.15, 0.2) is 30.3 Å². The first-order valence-corrected chi connectivity index (χ1v) is 6.65. The van der Waals surface area contributed by atoms with Gasteiger partial charge < -0.3 is 5.32 Å². The fourth-order valence-corrected chi connectivity index (χ4v) is 2.09. The Kier molecular flexibility index (Phi) is 4.26. The van der Waals surface area contributed by atoms with Crippen LogP contribution in [0.25, 0.3) is 0 Å². The predicted molar refractivity (Wildman–Crippen MR) is 76.1 cm³/mol. The molecule has 2 aromatic rings. The fraction of sp³-hybridized carbons (Fsp3) is 0.357. The number of hydrogen-bond acceptors (Lipinski definition) is 2. The quantitative estimate of drug-likeness (QED) is 0.891. The first kappa shape index (κ1) is 13.0. The van der Waals surface area contributed by atoms with E-state index in [1.807, 2.05) is 28.9 Å². The minimum Gasteiger partial charge on any atom is -0.379 e. The van der Waals surface area contributed by atoms with Crippen molar-refractivity contribution in [2.75, 3.05) is 5.32 Å². The lowest BCUT2D eigenvalue weighted by Crippen LogP contribution is -2.07. The van der Waals surface area contributed by atoms with Crippen molar-refractivity contribution in [2.24, 2.45) is 0 Å². The summed E-state index contributed by atoms with van der Waals surface area (Å²) in [5, 5.41) is 8.64. The number of halogens is 1. The van der Waals surface area contributed by atoms with Crippen molar-refractivity contribution in [1.82, 2.24) is 9.78 Å². The highest BCUT2D eigenvalue weighted by atomic mass is 35.5. The van der Waals surface area contributed by atoms with Crippen molar-refractivity contribution in [3.05, 3.63) is 46.7 Å². The van der Waals surface area contributed by atoms with Crippen LogP contribution in [0.5, 0.6) is 0 Å². The maximum absolute atomic E-state index is 5.95. The molecule has 4 heteroatoms. The van der Waals surface area contributed by atoms with E-state index in [1.165, 1.54) is 5.69 Å². The maximum Gasteiger partial charge on any atom is 0.0625 e. The molecular weight excluding hydrogens is 246 g/mol. The number of aryl methyl sites for hydroxylation is 2. The molecule has 0 saturated carbocycles. The van der Waals surface area contributed by atoms with Gasteiger partial charge in [-0.2, -0.15) is 5.10 Å². The fourth-order valence-electron chi connectivity index (χ4n) is 1.89. The zero-order valence-electron chi connectivity index (χ0n) is 10.8. The number of nitrogens with one attached hydrogen (secondary N) is 1. The normalized spacial score (nSPS) is 10.6. The van der Waals surface area contributed by atoms with Crippen LogP contribution in [0.3, 0.4) is 0 Å². The summed E-state index contributed by atoms with van der Waals surface area (Å²) in [4.78, 5) is 0. The lowest BCUT2D eigenvalue weighted by atomic mass is 10.3. The van der Waals surface area contributed by atoms with E-state index in [2.05, 4.69) is 30.3 Å². The average molecular weight is 264 g/mol. The Bertz CT molecular complexity index is 520. The molecule has 1 N–H and O–H groups in total. The molecule has 0 spiro atoms. The average Bonchev–Trinajstić information content (AvgIpc) is 2.79. The molecule has 2 rings (SSSR count). The zero-order valence-corrected chi connectivity index (χ0v) is 11.5. The number of nitrogens with zero attached hydrogens (tertiary/aromatic N) is 2. The van der Waals surface area contributed by atoms with E-state index in [0.717, 1.165) is 35.9 Å². The summed E-state index contributed by atoms with van der Waals surface area (Å²) in [6.07, 6.45) is 0.969. The van der Waals surface area contributed by atoms with Crippen molar-refractivity contribution in [2.45, 2.75) is 33.4 Å². The third kappa shape index (κ3) is 3.05. The molecule has 96 valence electrons. The molecule has 0 fully saturated rings. The van der Waals surface area contributed by atoms with Crippen LogP contribution in [0.2, 0.25) is 5.02 Å². The lowest BCUT2D eigenvalue weighted by molar-refractivity contribution is 0.619. The molecule has 1 heterocycles. The molecule has 18 heavy (non-hydrogen) atoms. The van der Waals surface area contributed by atoms with Crippen LogP contribution in [-0.2, 0) is 19.5 Å². The molecule has 0 aliphatic rings. The van der Waals surface area contributed by atoms with Gasteiger partial charge in [0, 0.05) is 17.3 Å². The van der Waals surface area contributed by atoms with Crippen molar-refractivity contribution in [3.63, 3.8) is 0 Å². The third-order valence-electron chi connectivity index (χ3n) is 2.87. The summed E-state index contributed by atoms with van der Waals surface area (Å²) < 4.78 is 2.04. The standard InChI is InChI=1S/C14H18ClN3/c1-3-12-9-14(18(4-2)17-12)10-16-13-7-5-6-11(15)8-13/h5-9,16H,3-4,10H2,1-2H3. The molecule has 0 unspecified atom stereocenters. The first-order chi connectivity index (χ1) is 8.72. The SMILES string of the molecule is CCc1cc(CNc2cccc(Cl)c2)n(CC)n1. The van der Waals surface area contributed by atoms with Gasteiger partial charge in [0.25, 0.3) is 0 Å². The lowest BCUT2D eigenvalue weighted by Gasteiger charge is -2.08. The molecular formula is C14H18ClN3. The smallest absolute Gasteiger partial charge is 0.0625 e. The monoisotopic (exact) mass is 263 g/mol. The van der Waals surface area contributed by atoms with Gasteiger partial charge in [0.15, 0.2) is 0 Å². The first-order valence-electron chi connectivity index (χ1n) is 6.28. The molecule has 0 saturated heterocycles. The number of benzene rings is 1. The van der Waals surface area contributed by atoms with Gasteiger partial charge in [0.2, 0.25) is 0 Å². The van der Waals surface area contributed by atoms with Crippen LogP contribution in [0.1, 0.15) is 25.2 Å². The van der Waals surface area contributed by atoms with Gasteiger partial charge in [-0.05, 0) is 37.6 Å². The van der Waals surface area contributed by atoms with Gasteiger partial charge in [0.1, 0.15) is 0 Å². The highest BCUT2D eigenvalue weighted by Crippen LogP contribution is 2.16. The minimum atomic E-state index is 0.748. The Morgan fingerprint density at radius 2 is 2.11 bits per heavy atom. The van der Waals surface area contributed by atoms with Gasteiger partial charge in [0.05, 0.1) is 17.9 Å². The molecule has 3 nitrogen and oxygen atoms in total. The summed E-state index contributed by atoms with van der Waals surface area (Å²) in [6.45, 7) is 5.89. The van der Waals surface area contributed by atoms with Crippen LogP contribution in [0.4, 0.5) is 5.69 Å². The van der Waals surface area contributed by atoms with Crippen molar-refractivity contribution in [3.8, 4) is 0 Å². The summed E-state index contributed by atoms with van der Waals surface area (Å²) in [5.41, 5.74) is 3.37. The van der Waals surface area contributed by atoms with Gasteiger partial charge in [-0.1, -0.05) is 24.6 Å². The molecule has 0 aliphatic heterocycles. The van der Waals surface area contributed by atoms with E-state index in [0.29, 0.717) is 0 Å². The second-order valence-corrected chi connectivity index (χ2v) is 4.60. The van der Waals surface area contributed by atoms with E-state index in [9.17, 15) is 0 Å². The number of aromatic nitrogens is 2. The highest BCUT2D eigenvalue weighted by molar-refractivity contribution is 6.30. The molecule has 0 amide bonds. The second kappa shape index (κ2) is 5.91. The van der Waals surface area contributed by atoms with E-state index < -0.39 is 0 Å². The molecule has 1 aromatic heterocycles. The number of hydrogen-bond donors (Lipinski definition) is 1. The number of rotatable bonds is 5.